The van der Waals surface area contributed by atoms with Crippen LogP contribution in [0.4, 0.5) is 4.79 Å². The second-order valence-corrected chi connectivity index (χ2v) is 6.35. The number of hydrogen-bond acceptors (Lipinski definition) is 5. The molecule has 0 aromatic heterocycles. The van der Waals surface area contributed by atoms with E-state index < -0.39 is 24.1 Å². The van der Waals surface area contributed by atoms with E-state index >= 15 is 0 Å². The van der Waals surface area contributed by atoms with Crippen LogP contribution in [0.25, 0.3) is 11.1 Å². The average Bonchev–Trinajstić information content (AvgIpc) is 2.96. The largest absolute Gasteiger partial charge is 0.449 e. The summed E-state index contributed by atoms with van der Waals surface area (Å²) in [6, 6.07) is 15.2. The number of ether oxygens (including phenoxy) is 2. The maximum absolute atomic E-state index is 12.1. The molecule has 1 N–H and O–H groups in total. The van der Waals surface area contributed by atoms with Gasteiger partial charge in [-0.3, -0.25) is 4.79 Å². The Hall–Kier alpha value is -3.15. The molecule has 2 aromatic rings. The van der Waals surface area contributed by atoms with Gasteiger partial charge in [-0.2, -0.15) is 0 Å². The van der Waals surface area contributed by atoms with Gasteiger partial charge in [0.05, 0.1) is 0 Å². The summed E-state index contributed by atoms with van der Waals surface area (Å²) >= 11 is 0. The van der Waals surface area contributed by atoms with Crippen LogP contribution in [-0.2, 0) is 19.1 Å². The van der Waals surface area contributed by atoms with E-state index in [1.54, 1.807) is 0 Å². The fourth-order valence-electron chi connectivity index (χ4n) is 3.53. The molecule has 0 unspecified atom stereocenters. The van der Waals surface area contributed by atoms with Crippen LogP contribution >= 0.6 is 0 Å². The van der Waals surface area contributed by atoms with E-state index in [9.17, 15) is 14.4 Å². The second kappa shape index (κ2) is 6.63. The second-order valence-electron chi connectivity index (χ2n) is 6.35. The van der Waals surface area contributed by atoms with Crippen LogP contribution in [-0.4, -0.2) is 30.7 Å². The number of benzene rings is 2. The molecule has 1 saturated heterocycles. The summed E-state index contributed by atoms with van der Waals surface area (Å²) < 4.78 is 9.90. The predicted octanol–water partition coefficient (Wildman–Crippen LogP) is 2.76. The number of carbonyl (C=O) groups is 3. The van der Waals surface area contributed by atoms with Crippen LogP contribution < -0.4 is 5.32 Å². The molecule has 0 radical (unpaired) electrons. The lowest BCUT2D eigenvalue weighted by atomic mass is 9.98. The van der Waals surface area contributed by atoms with Crippen molar-refractivity contribution in [1.82, 2.24) is 5.32 Å². The molecule has 1 aliphatic heterocycles. The highest BCUT2D eigenvalue weighted by molar-refractivity contribution is 5.93. The minimum absolute atomic E-state index is 0.0481. The molecular weight excluding hydrogens is 334 g/mol. The zero-order valence-corrected chi connectivity index (χ0v) is 13.9. The number of esters is 2. The first-order valence-electron chi connectivity index (χ1n) is 8.49. The summed E-state index contributed by atoms with van der Waals surface area (Å²) in [5, 5.41) is 2.47. The molecule has 1 aliphatic carbocycles. The van der Waals surface area contributed by atoms with Crippen LogP contribution in [0.15, 0.2) is 48.5 Å². The molecule has 26 heavy (non-hydrogen) atoms. The van der Waals surface area contributed by atoms with Gasteiger partial charge in [-0.25, -0.2) is 9.59 Å². The molecule has 6 nitrogen and oxygen atoms in total. The number of amides is 1. The summed E-state index contributed by atoms with van der Waals surface area (Å²) in [7, 11) is 0. The molecule has 0 bridgehead atoms. The third-order valence-corrected chi connectivity index (χ3v) is 4.77. The van der Waals surface area contributed by atoms with Gasteiger partial charge in [-0.15, -0.1) is 0 Å². The monoisotopic (exact) mass is 351 g/mol. The number of rotatable bonds is 3. The van der Waals surface area contributed by atoms with Gasteiger partial charge >= 0.3 is 18.0 Å². The Kier molecular flexibility index (Phi) is 4.16. The Labute approximate surface area is 150 Å². The minimum Gasteiger partial charge on any atom is -0.449 e. The van der Waals surface area contributed by atoms with Crippen molar-refractivity contribution >= 4 is 18.0 Å². The standard InChI is InChI=1S/C20H17NO5/c22-18-10-9-17(19(23)26-18)21-20(24)25-11-16-14-7-3-1-5-12(14)13-6-2-4-8-15(13)16/h1-8,16-17H,9-11H2,(H,21,24)/t17-/m0/s1. The summed E-state index contributed by atoms with van der Waals surface area (Å²) in [6.07, 6.45) is -0.370. The van der Waals surface area contributed by atoms with E-state index in [2.05, 4.69) is 22.2 Å². The van der Waals surface area contributed by atoms with Crippen LogP contribution in [0.3, 0.4) is 0 Å². The molecule has 132 valence electrons. The van der Waals surface area contributed by atoms with Crippen LogP contribution in [0.5, 0.6) is 0 Å². The molecule has 2 aromatic carbocycles. The molecule has 6 heteroatoms. The van der Waals surface area contributed by atoms with E-state index in [1.807, 2.05) is 36.4 Å². The molecule has 0 saturated carbocycles. The van der Waals surface area contributed by atoms with Gasteiger partial charge in [-0.05, 0) is 28.7 Å². The summed E-state index contributed by atoms with van der Waals surface area (Å²) in [5.41, 5.74) is 4.52. The van der Waals surface area contributed by atoms with Crippen molar-refractivity contribution < 1.29 is 23.9 Å². The summed E-state index contributed by atoms with van der Waals surface area (Å²) in [6.45, 7) is 0.167. The van der Waals surface area contributed by atoms with Crippen LogP contribution in [0.2, 0.25) is 0 Å². The van der Waals surface area contributed by atoms with Crippen LogP contribution in [0.1, 0.15) is 29.9 Å². The van der Waals surface area contributed by atoms with Crippen molar-refractivity contribution in [2.75, 3.05) is 6.61 Å². The first kappa shape index (κ1) is 16.3. The number of alkyl carbamates (subject to hydrolysis) is 1. The number of hydrogen-bond donors (Lipinski definition) is 1. The van der Waals surface area contributed by atoms with Gasteiger partial charge in [0, 0.05) is 12.3 Å². The molecule has 1 amide bonds. The maximum atomic E-state index is 12.1. The van der Waals surface area contributed by atoms with E-state index in [1.165, 1.54) is 0 Å². The van der Waals surface area contributed by atoms with Crippen molar-refractivity contribution in [3.63, 3.8) is 0 Å². The van der Waals surface area contributed by atoms with Crippen molar-refractivity contribution in [2.24, 2.45) is 0 Å². The van der Waals surface area contributed by atoms with Gasteiger partial charge in [0.15, 0.2) is 0 Å². The topological polar surface area (TPSA) is 81.7 Å². The summed E-state index contributed by atoms with van der Waals surface area (Å²) in [5.74, 6) is -1.36. The van der Waals surface area contributed by atoms with Gasteiger partial charge in [0.1, 0.15) is 12.6 Å². The highest BCUT2D eigenvalue weighted by Gasteiger charge is 2.32. The smallest absolute Gasteiger partial charge is 0.407 e. The van der Waals surface area contributed by atoms with Gasteiger partial charge in [0.25, 0.3) is 0 Å². The Morgan fingerprint density at radius 3 is 2.27 bits per heavy atom. The fourth-order valence-corrected chi connectivity index (χ4v) is 3.53. The molecule has 1 heterocycles. The fraction of sp³-hybridized carbons (Fsp3) is 0.250. The SMILES string of the molecule is O=C1CC[C@H](NC(=O)OCC2c3ccccc3-c3ccccc32)C(=O)O1. The Balaban J connectivity index is 1.44. The molecule has 4 rings (SSSR count). The predicted molar refractivity (Wildman–Crippen MR) is 92.3 cm³/mol. The third kappa shape index (κ3) is 2.94. The lowest BCUT2D eigenvalue weighted by molar-refractivity contribution is -0.165. The third-order valence-electron chi connectivity index (χ3n) is 4.77. The summed E-state index contributed by atoms with van der Waals surface area (Å²) in [4.78, 5) is 34.8. The molecule has 2 aliphatic rings. The zero-order chi connectivity index (χ0) is 18.1. The van der Waals surface area contributed by atoms with Gasteiger partial charge in [0.2, 0.25) is 0 Å². The molecule has 1 atom stereocenters. The number of nitrogens with one attached hydrogen (secondary N) is 1. The first-order chi connectivity index (χ1) is 12.6. The average molecular weight is 351 g/mol. The quantitative estimate of drug-likeness (QED) is 0.679. The molecular formula is C20H17NO5. The van der Waals surface area contributed by atoms with E-state index in [-0.39, 0.29) is 25.4 Å². The van der Waals surface area contributed by atoms with Crippen LogP contribution in [0, 0.1) is 0 Å². The van der Waals surface area contributed by atoms with E-state index in [4.69, 9.17) is 4.74 Å². The lowest BCUT2D eigenvalue weighted by Gasteiger charge is -2.21. The van der Waals surface area contributed by atoms with E-state index in [0.29, 0.717) is 0 Å². The highest BCUT2D eigenvalue weighted by atomic mass is 16.6. The van der Waals surface area contributed by atoms with Crippen molar-refractivity contribution in [3.8, 4) is 11.1 Å². The Morgan fingerprint density at radius 2 is 1.65 bits per heavy atom. The highest BCUT2D eigenvalue weighted by Crippen LogP contribution is 2.44. The molecule has 1 fully saturated rings. The van der Waals surface area contributed by atoms with Crippen molar-refractivity contribution in [1.29, 1.82) is 0 Å². The van der Waals surface area contributed by atoms with Gasteiger partial charge in [-0.1, -0.05) is 48.5 Å². The maximum Gasteiger partial charge on any atom is 0.407 e. The normalized spacial score (nSPS) is 18.7. The lowest BCUT2D eigenvalue weighted by Crippen LogP contribution is -2.45. The minimum atomic E-state index is -0.844. The zero-order valence-electron chi connectivity index (χ0n) is 13.9. The Morgan fingerprint density at radius 1 is 1.04 bits per heavy atom. The van der Waals surface area contributed by atoms with Gasteiger partial charge < -0.3 is 14.8 Å². The van der Waals surface area contributed by atoms with Crippen molar-refractivity contribution in [2.45, 2.75) is 24.8 Å². The Bertz CT molecular complexity index is 846. The van der Waals surface area contributed by atoms with Crippen molar-refractivity contribution in [3.05, 3.63) is 59.7 Å². The molecule has 0 spiro atoms. The number of fused-ring (bicyclic) bond motifs is 3. The number of cyclic esters (lactones) is 2. The number of carbonyl (C=O) groups excluding carboxylic acids is 3. The first-order valence-corrected chi connectivity index (χ1v) is 8.49. The van der Waals surface area contributed by atoms with E-state index in [0.717, 1.165) is 22.3 Å².